The van der Waals surface area contributed by atoms with Gasteiger partial charge in [0.2, 0.25) is 0 Å². The number of benzene rings is 6. The van der Waals surface area contributed by atoms with Crippen LogP contribution in [0.3, 0.4) is 0 Å². The van der Waals surface area contributed by atoms with E-state index in [9.17, 15) is 0 Å². The molecule has 0 saturated heterocycles. The highest BCUT2D eigenvalue weighted by atomic mass is 15.1. The number of pyridine rings is 2. The summed E-state index contributed by atoms with van der Waals surface area (Å²) in [6, 6.07) is 58.9. The molecular weight excluding hydrogens is 623 g/mol. The number of nitrogens with zero attached hydrogens (tertiary/aromatic N) is 5. The molecule has 0 aliphatic rings. The highest BCUT2D eigenvalue weighted by molar-refractivity contribution is 6.09. The van der Waals surface area contributed by atoms with Crippen LogP contribution in [0.15, 0.2) is 176 Å². The first-order chi connectivity index (χ1) is 25.3. The van der Waals surface area contributed by atoms with Crippen LogP contribution in [0.5, 0.6) is 0 Å². The number of rotatable bonds is 5. The molecule has 0 radical (unpaired) electrons. The molecule has 6 aromatic carbocycles. The lowest BCUT2D eigenvalue weighted by molar-refractivity contribution is 1.19. The molecule has 4 aromatic heterocycles. The molecule has 0 aliphatic carbocycles. The van der Waals surface area contributed by atoms with Gasteiger partial charge in [0.1, 0.15) is 11.2 Å². The second-order valence-corrected chi connectivity index (χ2v) is 12.7. The molecule has 0 unspecified atom stereocenters. The van der Waals surface area contributed by atoms with Gasteiger partial charge in [0.05, 0.1) is 16.9 Å². The Morgan fingerprint density at radius 3 is 1.76 bits per heavy atom. The fraction of sp³-hybridized carbons (Fsp3) is 0. The quantitative estimate of drug-likeness (QED) is 0.186. The van der Waals surface area contributed by atoms with Gasteiger partial charge in [-0.25, -0.2) is 19.9 Å². The minimum Gasteiger partial charge on any atom is -0.284 e. The van der Waals surface area contributed by atoms with Gasteiger partial charge in [0.25, 0.3) is 0 Å². The number of imidazole rings is 1. The smallest absolute Gasteiger partial charge is 0.165 e. The summed E-state index contributed by atoms with van der Waals surface area (Å²) in [4.78, 5) is 20.3. The van der Waals surface area contributed by atoms with Crippen LogP contribution in [0.25, 0.3) is 94.6 Å². The van der Waals surface area contributed by atoms with E-state index in [1.807, 2.05) is 36.5 Å². The van der Waals surface area contributed by atoms with Gasteiger partial charge < -0.3 is 0 Å². The Hall–Kier alpha value is -6.98. The monoisotopic (exact) mass is 651 g/mol. The van der Waals surface area contributed by atoms with E-state index in [4.69, 9.17) is 19.9 Å². The molecule has 5 nitrogen and oxygen atoms in total. The Labute approximate surface area is 294 Å². The van der Waals surface area contributed by atoms with E-state index in [2.05, 4.69) is 144 Å². The topological polar surface area (TPSA) is 56.0 Å². The fourth-order valence-electron chi connectivity index (χ4n) is 7.11. The molecule has 10 rings (SSSR count). The number of hydrogen-bond acceptors (Lipinski definition) is 4. The lowest BCUT2D eigenvalue weighted by atomic mass is 9.97. The summed E-state index contributed by atoms with van der Waals surface area (Å²) in [5.41, 5.74) is 13.1. The largest absolute Gasteiger partial charge is 0.284 e. The zero-order chi connectivity index (χ0) is 33.7. The van der Waals surface area contributed by atoms with Gasteiger partial charge in [-0.2, -0.15) is 0 Å². The summed E-state index contributed by atoms with van der Waals surface area (Å²) >= 11 is 0. The number of aromatic nitrogens is 5. The zero-order valence-electron chi connectivity index (χ0n) is 27.5. The van der Waals surface area contributed by atoms with Crippen LogP contribution in [0, 0.1) is 0 Å². The van der Waals surface area contributed by atoms with E-state index in [0.717, 1.165) is 83.3 Å². The predicted molar refractivity (Wildman–Crippen MR) is 208 cm³/mol. The number of hydrogen-bond donors (Lipinski definition) is 0. The minimum absolute atomic E-state index is 0.707. The molecule has 238 valence electrons. The van der Waals surface area contributed by atoms with Crippen molar-refractivity contribution in [1.29, 1.82) is 0 Å². The molecule has 0 N–H and O–H groups in total. The zero-order valence-corrected chi connectivity index (χ0v) is 27.5. The molecule has 0 bridgehead atoms. The average molecular weight is 652 g/mol. The van der Waals surface area contributed by atoms with E-state index in [1.54, 1.807) is 0 Å². The van der Waals surface area contributed by atoms with Crippen molar-refractivity contribution in [3.63, 3.8) is 0 Å². The first-order valence-corrected chi connectivity index (χ1v) is 17.1. The molecular formula is C46H29N5. The van der Waals surface area contributed by atoms with Crippen molar-refractivity contribution in [3.8, 4) is 56.2 Å². The second kappa shape index (κ2) is 11.9. The highest BCUT2D eigenvalue weighted by Crippen LogP contribution is 2.36. The van der Waals surface area contributed by atoms with Crippen molar-refractivity contribution in [2.45, 2.75) is 0 Å². The fourth-order valence-corrected chi connectivity index (χ4v) is 7.11. The van der Waals surface area contributed by atoms with E-state index in [0.29, 0.717) is 5.82 Å². The molecule has 5 heteroatoms. The van der Waals surface area contributed by atoms with E-state index in [-0.39, 0.29) is 0 Å². The summed E-state index contributed by atoms with van der Waals surface area (Å²) in [6.07, 6.45) is 2.03. The van der Waals surface area contributed by atoms with Gasteiger partial charge in [-0.3, -0.25) is 4.40 Å². The van der Waals surface area contributed by atoms with Gasteiger partial charge in [0.15, 0.2) is 11.5 Å². The van der Waals surface area contributed by atoms with Crippen LogP contribution in [0.2, 0.25) is 0 Å². The van der Waals surface area contributed by atoms with Gasteiger partial charge in [0, 0.05) is 39.0 Å². The summed E-state index contributed by atoms with van der Waals surface area (Å²) < 4.78 is 2.06. The molecule has 0 atom stereocenters. The van der Waals surface area contributed by atoms with E-state index < -0.39 is 0 Å². The van der Waals surface area contributed by atoms with Crippen molar-refractivity contribution in [3.05, 3.63) is 176 Å². The van der Waals surface area contributed by atoms with Gasteiger partial charge in [-0.1, -0.05) is 140 Å². The maximum Gasteiger partial charge on any atom is 0.165 e. The Morgan fingerprint density at radius 1 is 0.353 bits per heavy atom. The summed E-state index contributed by atoms with van der Waals surface area (Å²) in [7, 11) is 0. The van der Waals surface area contributed by atoms with E-state index in [1.165, 1.54) is 5.56 Å². The van der Waals surface area contributed by atoms with Crippen LogP contribution in [0.1, 0.15) is 0 Å². The summed E-state index contributed by atoms with van der Waals surface area (Å²) in [6.45, 7) is 0. The Balaban J connectivity index is 1.05. The maximum atomic E-state index is 5.21. The van der Waals surface area contributed by atoms with E-state index >= 15 is 0 Å². The van der Waals surface area contributed by atoms with Crippen LogP contribution in [0.4, 0.5) is 0 Å². The lowest BCUT2D eigenvalue weighted by Crippen LogP contribution is -1.95. The second-order valence-electron chi connectivity index (χ2n) is 12.7. The molecule has 0 spiro atoms. The molecule has 51 heavy (non-hydrogen) atoms. The van der Waals surface area contributed by atoms with Crippen molar-refractivity contribution < 1.29 is 0 Å². The third-order valence-electron chi connectivity index (χ3n) is 9.62. The minimum atomic E-state index is 0.707. The predicted octanol–water partition coefficient (Wildman–Crippen LogP) is 11.3. The average Bonchev–Trinajstić information content (AvgIpc) is 3.59. The van der Waals surface area contributed by atoms with Crippen molar-refractivity contribution in [2.24, 2.45) is 0 Å². The Bertz CT molecular complexity index is 2910. The van der Waals surface area contributed by atoms with Crippen molar-refractivity contribution >= 4 is 38.5 Å². The SMILES string of the molecule is c1ccc(-c2cccc(-c3nc(-c4cccc(-c5ccc(-c6nc7c(nc8ccccn87)c7ccccc67)cc5)c4)c4ccccc4n3)c2)cc1. The first-order valence-electron chi connectivity index (χ1n) is 17.1. The number of fused-ring (bicyclic) bond motifs is 6. The Morgan fingerprint density at radius 2 is 0.941 bits per heavy atom. The van der Waals surface area contributed by atoms with Crippen LogP contribution in [-0.2, 0) is 0 Å². The molecule has 4 heterocycles. The standard InChI is InChI=1S/C46H29N5/c1-2-12-30(13-3-1)34-15-11-17-36(29-34)45-47-40-21-7-6-20-39(40)43(49-45)35-16-10-14-33(28-35)31-23-25-32(26-24-31)42-37-18-4-5-19-38(37)44-46(50-42)51-27-9-8-22-41(51)48-44/h1-29H. The Kier molecular flexibility index (Phi) is 6.74. The van der Waals surface area contributed by atoms with Crippen LogP contribution >= 0.6 is 0 Å². The molecule has 0 amide bonds. The third-order valence-corrected chi connectivity index (χ3v) is 9.62. The summed E-state index contributed by atoms with van der Waals surface area (Å²) in [5.74, 6) is 0.707. The van der Waals surface area contributed by atoms with Gasteiger partial charge in [-0.15, -0.1) is 0 Å². The van der Waals surface area contributed by atoms with Crippen LogP contribution < -0.4 is 0 Å². The van der Waals surface area contributed by atoms with Crippen molar-refractivity contribution in [2.75, 3.05) is 0 Å². The van der Waals surface area contributed by atoms with Crippen LogP contribution in [-0.4, -0.2) is 24.3 Å². The van der Waals surface area contributed by atoms with Gasteiger partial charge in [-0.05, 0) is 52.6 Å². The molecule has 10 aromatic rings. The summed E-state index contributed by atoms with van der Waals surface area (Å²) in [5, 5.41) is 3.21. The normalized spacial score (nSPS) is 11.5. The molecule has 0 aliphatic heterocycles. The first kappa shape index (κ1) is 29.0. The highest BCUT2D eigenvalue weighted by Gasteiger charge is 2.16. The van der Waals surface area contributed by atoms with Gasteiger partial charge >= 0.3 is 0 Å². The number of para-hydroxylation sites is 1. The lowest BCUT2D eigenvalue weighted by Gasteiger charge is -2.12. The maximum absolute atomic E-state index is 5.21. The molecule has 0 saturated carbocycles. The van der Waals surface area contributed by atoms with Crippen molar-refractivity contribution in [1.82, 2.24) is 24.3 Å². The molecule has 0 fully saturated rings. The third kappa shape index (κ3) is 5.03.